The summed E-state index contributed by atoms with van der Waals surface area (Å²) in [6.45, 7) is 0.610. The van der Waals surface area contributed by atoms with Crippen LogP contribution in [0.15, 0.2) is 114 Å². The van der Waals surface area contributed by atoms with Crippen molar-refractivity contribution in [1.82, 2.24) is 14.7 Å². The molecule has 1 fully saturated rings. The van der Waals surface area contributed by atoms with Gasteiger partial charge < -0.3 is 9.47 Å². The summed E-state index contributed by atoms with van der Waals surface area (Å²) in [7, 11) is 1.64. The number of aromatic nitrogens is 2. The average molecular weight is 622 g/mol. The monoisotopic (exact) mass is 621 g/mol. The molecule has 1 aliphatic rings. The lowest BCUT2D eigenvalue weighted by Gasteiger charge is -2.14. The van der Waals surface area contributed by atoms with E-state index in [1.54, 1.807) is 34.9 Å². The SMILES string of the molecule is COc1ccc(CCN2C(=O)/C(=C/c3cn(-c4ccccc4)nc3-c3ccc(OCc4ccccc4F)cc3)SC2=S)cc1. The van der Waals surface area contributed by atoms with Gasteiger partial charge in [0.05, 0.1) is 23.4 Å². The fraction of sp³-hybridized carbons (Fsp3) is 0.114. The predicted octanol–water partition coefficient (Wildman–Crippen LogP) is 7.71. The Morgan fingerprint density at radius 2 is 1.61 bits per heavy atom. The van der Waals surface area contributed by atoms with Crippen LogP contribution in [-0.2, 0) is 17.8 Å². The Morgan fingerprint density at radius 1 is 0.909 bits per heavy atom. The van der Waals surface area contributed by atoms with Crippen molar-refractivity contribution >= 4 is 40.3 Å². The summed E-state index contributed by atoms with van der Waals surface area (Å²) >= 11 is 6.90. The first-order valence-corrected chi connectivity index (χ1v) is 15.2. The fourth-order valence-electron chi connectivity index (χ4n) is 4.78. The summed E-state index contributed by atoms with van der Waals surface area (Å²) in [5.41, 5.74) is 4.81. The van der Waals surface area contributed by atoms with Crippen LogP contribution in [0.1, 0.15) is 16.7 Å². The van der Waals surface area contributed by atoms with Gasteiger partial charge in [0.15, 0.2) is 0 Å². The zero-order valence-electron chi connectivity index (χ0n) is 23.9. The molecule has 0 aliphatic carbocycles. The first-order chi connectivity index (χ1) is 21.5. The highest BCUT2D eigenvalue weighted by molar-refractivity contribution is 8.26. The number of carbonyl (C=O) groups excluding carboxylic acids is 1. The maximum Gasteiger partial charge on any atom is 0.266 e. The van der Waals surface area contributed by atoms with Gasteiger partial charge in [0.2, 0.25) is 0 Å². The van der Waals surface area contributed by atoms with Crippen molar-refractivity contribution in [1.29, 1.82) is 0 Å². The van der Waals surface area contributed by atoms with Crippen molar-refractivity contribution in [2.75, 3.05) is 13.7 Å². The summed E-state index contributed by atoms with van der Waals surface area (Å²) in [6.07, 6.45) is 4.44. The second-order valence-corrected chi connectivity index (χ2v) is 11.7. The molecule has 1 saturated heterocycles. The normalized spacial score (nSPS) is 14.0. The van der Waals surface area contributed by atoms with Gasteiger partial charge in [-0.05, 0) is 72.7 Å². The minimum absolute atomic E-state index is 0.121. The number of rotatable bonds is 10. The molecule has 1 aromatic heterocycles. The van der Waals surface area contributed by atoms with E-state index in [4.69, 9.17) is 26.8 Å². The van der Waals surface area contributed by atoms with E-state index in [2.05, 4.69) is 0 Å². The van der Waals surface area contributed by atoms with E-state index >= 15 is 0 Å². The lowest BCUT2D eigenvalue weighted by molar-refractivity contribution is -0.122. The molecule has 1 amide bonds. The first kappa shape index (κ1) is 29.3. The zero-order chi connectivity index (χ0) is 30.5. The molecule has 0 atom stereocenters. The molecule has 2 heterocycles. The number of methoxy groups -OCH3 is 1. The standard InChI is InChI=1S/C35H28FN3O3S2/c1-41-29-15-11-24(12-16-29)19-20-38-34(40)32(44-35(38)43)21-27-22-39(28-8-3-2-4-9-28)37-33(27)25-13-17-30(18-14-25)42-23-26-7-5-6-10-31(26)36/h2-18,21-22H,19-20,23H2,1H3/b32-21-. The highest BCUT2D eigenvalue weighted by Gasteiger charge is 2.32. The predicted molar refractivity (Wildman–Crippen MR) is 176 cm³/mol. The maximum atomic E-state index is 14.0. The smallest absolute Gasteiger partial charge is 0.266 e. The van der Waals surface area contributed by atoms with Crippen molar-refractivity contribution in [3.8, 4) is 28.4 Å². The number of ether oxygens (including phenoxy) is 2. The van der Waals surface area contributed by atoms with Gasteiger partial charge in [0.25, 0.3) is 5.91 Å². The van der Waals surface area contributed by atoms with Gasteiger partial charge in [-0.3, -0.25) is 9.69 Å². The Morgan fingerprint density at radius 3 is 2.34 bits per heavy atom. The Labute approximate surface area is 264 Å². The van der Waals surface area contributed by atoms with Gasteiger partial charge >= 0.3 is 0 Å². The van der Waals surface area contributed by atoms with E-state index in [0.29, 0.717) is 39.2 Å². The highest BCUT2D eigenvalue weighted by atomic mass is 32.2. The summed E-state index contributed by atoms with van der Waals surface area (Å²) < 4.78 is 27.4. The Kier molecular flexibility index (Phi) is 8.86. The van der Waals surface area contributed by atoms with Gasteiger partial charge in [-0.15, -0.1) is 0 Å². The molecule has 0 saturated carbocycles. The Balaban J connectivity index is 1.24. The minimum atomic E-state index is -0.300. The van der Waals surface area contributed by atoms with Gasteiger partial charge in [0.1, 0.15) is 28.2 Å². The van der Waals surface area contributed by atoms with Gasteiger partial charge in [-0.25, -0.2) is 9.07 Å². The second kappa shape index (κ2) is 13.3. The van der Waals surface area contributed by atoms with E-state index in [1.807, 2.05) is 91.1 Å². The number of hydrogen-bond donors (Lipinski definition) is 0. The van der Waals surface area contributed by atoms with Crippen LogP contribution in [0.25, 0.3) is 23.0 Å². The minimum Gasteiger partial charge on any atom is -0.497 e. The molecule has 44 heavy (non-hydrogen) atoms. The van der Waals surface area contributed by atoms with Crippen LogP contribution >= 0.6 is 24.0 Å². The van der Waals surface area contributed by atoms with Gasteiger partial charge in [0, 0.05) is 29.4 Å². The number of halogens is 1. The molecule has 0 N–H and O–H groups in total. The van der Waals surface area contributed by atoms with Crippen LogP contribution in [-0.4, -0.2) is 38.6 Å². The van der Waals surface area contributed by atoms with Crippen molar-refractivity contribution in [2.24, 2.45) is 0 Å². The molecule has 220 valence electrons. The summed E-state index contributed by atoms with van der Waals surface area (Å²) in [6, 6.07) is 31.6. The molecule has 0 bridgehead atoms. The third-order valence-corrected chi connectivity index (χ3v) is 8.56. The average Bonchev–Trinajstić information content (AvgIpc) is 3.60. The van der Waals surface area contributed by atoms with Crippen molar-refractivity contribution < 1.29 is 18.7 Å². The molecule has 0 unspecified atom stereocenters. The molecule has 0 radical (unpaired) electrons. The van der Waals surface area contributed by atoms with Crippen LogP contribution in [0.4, 0.5) is 4.39 Å². The highest BCUT2D eigenvalue weighted by Crippen LogP contribution is 2.35. The van der Waals surface area contributed by atoms with E-state index < -0.39 is 0 Å². The molecule has 6 rings (SSSR count). The lowest BCUT2D eigenvalue weighted by atomic mass is 10.1. The number of nitrogens with zero attached hydrogens (tertiary/aromatic N) is 3. The number of benzene rings is 4. The van der Waals surface area contributed by atoms with Crippen LogP contribution in [0, 0.1) is 5.82 Å². The molecule has 4 aromatic carbocycles. The van der Waals surface area contributed by atoms with Crippen LogP contribution in [0.5, 0.6) is 11.5 Å². The van der Waals surface area contributed by atoms with Crippen LogP contribution < -0.4 is 9.47 Å². The van der Waals surface area contributed by atoms with Gasteiger partial charge in [-0.1, -0.05) is 72.5 Å². The molecule has 9 heteroatoms. The van der Waals surface area contributed by atoms with Crippen molar-refractivity contribution in [3.05, 3.63) is 137 Å². The summed E-state index contributed by atoms with van der Waals surface area (Å²) in [5.74, 6) is 0.979. The number of hydrogen-bond acceptors (Lipinski definition) is 6. The number of thioether (sulfide) groups is 1. The maximum absolute atomic E-state index is 14.0. The topological polar surface area (TPSA) is 56.6 Å². The van der Waals surface area contributed by atoms with E-state index in [0.717, 1.165) is 28.1 Å². The van der Waals surface area contributed by atoms with E-state index in [9.17, 15) is 9.18 Å². The Hall–Kier alpha value is -4.73. The van der Waals surface area contributed by atoms with Crippen LogP contribution in [0.3, 0.4) is 0 Å². The van der Waals surface area contributed by atoms with Gasteiger partial charge in [-0.2, -0.15) is 5.10 Å². The number of para-hydroxylation sites is 1. The second-order valence-electron chi connectivity index (χ2n) is 10.0. The lowest BCUT2D eigenvalue weighted by Crippen LogP contribution is -2.30. The molecule has 6 nitrogen and oxygen atoms in total. The number of amides is 1. The fourth-order valence-corrected chi connectivity index (χ4v) is 6.08. The molecule has 0 spiro atoms. The third kappa shape index (κ3) is 6.59. The quantitative estimate of drug-likeness (QED) is 0.118. The Bertz CT molecular complexity index is 1820. The molecule has 5 aromatic rings. The molecular formula is C35H28FN3O3S2. The van der Waals surface area contributed by atoms with E-state index in [1.165, 1.54) is 17.8 Å². The summed E-state index contributed by atoms with van der Waals surface area (Å²) in [4.78, 5) is 15.7. The van der Waals surface area contributed by atoms with E-state index in [-0.39, 0.29) is 18.3 Å². The molecular weight excluding hydrogens is 594 g/mol. The third-order valence-electron chi connectivity index (χ3n) is 7.19. The zero-order valence-corrected chi connectivity index (χ0v) is 25.5. The first-order valence-electron chi connectivity index (χ1n) is 14.0. The summed E-state index contributed by atoms with van der Waals surface area (Å²) in [5, 5.41) is 4.89. The van der Waals surface area contributed by atoms with Crippen LogP contribution in [0.2, 0.25) is 0 Å². The molecule has 1 aliphatic heterocycles. The number of carbonyl (C=O) groups is 1. The van der Waals surface area contributed by atoms with Crippen molar-refractivity contribution in [3.63, 3.8) is 0 Å². The van der Waals surface area contributed by atoms with Crippen molar-refractivity contribution in [2.45, 2.75) is 13.0 Å². The largest absolute Gasteiger partial charge is 0.497 e. The number of thiocarbonyl (C=S) groups is 1.